The third-order valence-corrected chi connectivity index (χ3v) is 4.77. The van der Waals surface area contributed by atoms with E-state index in [1.54, 1.807) is 0 Å². The first-order valence-corrected chi connectivity index (χ1v) is 9.96. The first kappa shape index (κ1) is 19.4. The quantitative estimate of drug-likeness (QED) is 0.273. The van der Waals surface area contributed by atoms with Crippen molar-refractivity contribution in [2.24, 2.45) is 5.10 Å². The number of benzene rings is 2. The molecule has 3 rings (SSSR count). The van der Waals surface area contributed by atoms with Crippen molar-refractivity contribution in [3.05, 3.63) is 64.3 Å². The molecular formula is C22H24BrN3O. The van der Waals surface area contributed by atoms with Gasteiger partial charge in [-0.25, -0.2) is 0 Å². The lowest BCUT2D eigenvalue weighted by molar-refractivity contribution is 0.309. The number of nitrogens with one attached hydrogen (secondary N) is 1. The van der Waals surface area contributed by atoms with Crippen molar-refractivity contribution in [1.29, 1.82) is 0 Å². The van der Waals surface area contributed by atoms with Crippen LogP contribution in [0.3, 0.4) is 0 Å². The Morgan fingerprint density at radius 1 is 1.15 bits per heavy atom. The number of hydrogen-bond acceptors (Lipinski definition) is 4. The van der Waals surface area contributed by atoms with E-state index in [1.807, 2.05) is 56.3 Å². The minimum atomic E-state index is 0.758. The molecular weight excluding hydrogens is 402 g/mol. The summed E-state index contributed by atoms with van der Waals surface area (Å²) in [5.74, 6) is 0.897. The molecule has 0 atom stereocenters. The van der Waals surface area contributed by atoms with Crippen LogP contribution in [0.2, 0.25) is 0 Å². The van der Waals surface area contributed by atoms with Gasteiger partial charge in [0.1, 0.15) is 5.75 Å². The van der Waals surface area contributed by atoms with Gasteiger partial charge in [0, 0.05) is 15.6 Å². The number of aromatic nitrogens is 1. The van der Waals surface area contributed by atoms with Crippen LogP contribution in [0, 0.1) is 6.92 Å². The van der Waals surface area contributed by atoms with Gasteiger partial charge >= 0.3 is 0 Å². The maximum atomic E-state index is 5.72. The summed E-state index contributed by atoms with van der Waals surface area (Å²) in [6, 6.07) is 16.1. The molecule has 0 aliphatic heterocycles. The lowest BCUT2D eigenvalue weighted by Crippen LogP contribution is -2.01. The molecule has 3 aromatic rings. The van der Waals surface area contributed by atoms with Crippen molar-refractivity contribution in [3.8, 4) is 5.75 Å². The van der Waals surface area contributed by atoms with Crippen molar-refractivity contribution in [3.63, 3.8) is 0 Å². The summed E-state index contributed by atoms with van der Waals surface area (Å²) in [4.78, 5) is 4.58. The Bertz CT molecular complexity index is 952. The van der Waals surface area contributed by atoms with Crippen molar-refractivity contribution < 1.29 is 4.74 Å². The van der Waals surface area contributed by atoms with E-state index >= 15 is 0 Å². The van der Waals surface area contributed by atoms with Crippen molar-refractivity contribution in [2.75, 3.05) is 12.0 Å². The normalized spacial score (nSPS) is 11.6. The summed E-state index contributed by atoms with van der Waals surface area (Å²) in [5.41, 5.74) is 8.01. The van der Waals surface area contributed by atoms with Gasteiger partial charge in [0.15, 0.2) is 0 Å². The van der Waals surface area contributed by atoms with Crippen molar-refractivity contribution in [2.45, 2.75) is 33.6 Å². The standard InChI is InChI=1S/C22H24BrN3O/c1-4-5-12-27-19-9-6-17(7-10-19)16(3)25-26-22-13-15(2)24-21-11-8-18(23)14-20(21)22/h6-11,13-14H,4-5,12H2,1-3H3,(H,24,26)/b25-16+. The molecule has 0 spiro atoms. The predicted octanol–water partition coefficient (Wildman–Crippen LogP) is 6.32. The number of ether oxygens (including phenoxy) is 1. The number of aryl methyl sites for hydroxylation is 1. The second-order valence-electron chi connectivity index (χ2n) is 6.51. The third-order valence-electron chi connectivity index (χ3n) is 4.28. The molecule has 0 aliphatic rings. The van der Waals surface area contributed by atoms with Crippen molar-refractivity contribution in [1.82, 2.24) is 4.98 Å². The highest BCUT2D eigenvalue weighted by Crippen LogP contribution is 2.26. The van der Waals surface area contributed by atoms with E-state index in [2.05, 4.69) is 44.4 Å². The molecule has 0 unspecified atom stereocenters. The number of fused-ring (bicyclic) bond motifs is 1. The van der Waals surface area contributed by atoms with Crippen LogP contribution in [0.5, 0.6) is 5.75 Å². The second-order valence-corrected chi connectivity index (χ2v) is 7.42. The molecule has 1 N–H and O–H groups in total. The maximum absolute atomic E-state index is 5.72. The van der Waals surface area contributed by atoms with Crippen LogP contribution in [-0.2, 0) is 0 Å². The predicted molar refractivity (Wildman–Crippen MR) is 117 cm³/mol. The van der Waals surface area contributed by atoms with Crippen LogP contribution in [0.15, 0.2) is 58.1 Å². The van der Waals surface area contributed by atoms with Crippen LogP contribution >= 0.6 is 15.9 Å². The molecule has 0 amide bonds. The van der Waals surface area contributed by atoms with Gasteiger partial charge in [0.05, 0.1) is 23.5 Å². The molecule has 0 fully saturated rings. The summed E-state index contributed by atoms with van der Waals surface area (Å²) >= 11 is 3.53. The molecule has 140 valence electrons. The summed E-state index contributed by atoms with van der Waals surface area (Å²) in [5, 5.41) is 5.61. The van der Waals surface area contributed by atoms with Crippen molar-refractivity contribution >= 4 is 38.2 Å². The lowest BCUT2D eigenvalue weighted by atomic mass is 10.1. The zero-order valence-electron chi connectivity index (χ0n) is 15.9. The molecule has 1 heterocycles. The summed E-state index contributed by atoms with van der Waals surface area (Å²) < 4.78 is 6.73. The number of nitrogens with zero attached hydrogens (tertiary/aromatic N) is 2. The van der Waals surface area contributed by atoms with Gasteiger partial charge < -0.3 is 4.74 Å². The van der Waals surface area contributed by atoms with Gasteiger partial charge in [0.2, 0.25) is 0 Å². The fourth-order valence-electron chi connectivity index (χ4n) is 2.76. The van der Waals surface area contributed by atoms with E-state index in [0.29, 0.717) is 0 Å². The van der Waals surface area contributed by atoms with Gasteiger partial charge in [-0.3, -0.25) is 10.4 Å². The number of anilines is 1. The molecule has 0 saturated heterocycles. The number of rotatable bonds is 7. The van der Waals surface area contributed by atoms with Crippen LogP contribution in [0.4, 0.5) is 5.69 Å². The Hall–Kier alpha value is -2.40. The summed E-state index contributed by atoms with van der Waals surface area (Å²) in [6.07, 6.45) is 2.21. The van der Waals surface area contributed by atoms with Crippen LogP contribution in [0.1, 0.15) is 37.9 Å². The minimum absolute atomic E-state index is 0.758. The van der Waals surface area contributed by atoms with E-state index in [1.165, 1.54) is 0 Å². The average molecular weight is 426 g/mol. The molecule has 4 nitrogen and oxygen atoms in total. The van der Waals surface area contributed by atoms with E-state index < -0.39 is 0 Å². The van der Waals surface area contributed by atoms with Gasteiger partial charge in [-0.05, 0) is 74.4 Å². The van der Waals surface area contributed by atoms with Gasteiger partial charge in [-0.15, -0.1) is 0 Å². The molecule has 27 heavy (non-hydrogen) atoms. The lowest BCUT2D eigenvalue weighted by Gasteiger charge is -2.09. The van der Waals surface area contributed by atoms with Crippen LogP contribution in [-0.4, -0.2) is 17.3 Å². The highest BCUT2D eigenvalue weighted by atomic mass is 79.9. The van der Waals surface area contributed by atoms with E-state index in [9.17, 15) is 0 Å². The minimum Gasteiger partial charge on any atom is -0.494 e. The topological polar surface area (TPSA) is 46.5 Å². The van der Waals surface area contributed by atoms with E-state index in [0.717, 1.165) is 63.2 Å². The Balaban J connectivity index is 1.77. The van der Waals surface area contributed by atoms with Crippen LogP contribution in [0.25, 0.3) is 10.9 Å². The highest BCUT2D eigenvalue weighted by molar-refractivity contribution is 9.10. The molecule has 1 aromatic heterocycles. The molecule has 2 aromatic carbocycles. The Morgan fingerprint density at radius 3 is 2.67 bits per heavy atom. The smallest absolute Gasteiger partial charge is 0.119 e. The highest BCUT2D eigenvalue weighted by Gasteiger charge is 2.05. The molecule has 0 radical (unpaired) electrons. The second kappa shape index (κ2) is 9.00. The average Bonchev–Trinajstić information content (AvgIpc) is 2.67. The molecule has 0 aliphatic carbocycles. The Labute approximate surface area is 168 Å². The van der Waals surface area contributed by atoms with Crippen LogP contribution < -0.4 is 10.2 Å². The molecule has 5 heteroatoms. The number of hydrogen-bond donors (Lipinski definition) is 1. The molecule has 0 saturated carbocycles. The zero-order valence-corrected chi connectivity index (χ0v) is 17.5. The van der Waals surface area contributed by atoms with E-state index in [-0.39, 0.29) is 0 Å². The summed E-state index contributed by atoms with van der Waals surface area (Å²) in [7, 11) is 0. The zero-order chi connectivity index (χ0) is 19.2. The number of hydrazone groups is 1. The largest absolute Gasteiger partial charge is 0.494 e. The molecule has 0 bridgehead atoms. The first-order valence-electron chi connectivity index (χ1n) is 9.17. The third kappa shape index (κ3) is 5.07. The number of unbranched alkanes of at least 4 members (excludes halogenated alkanes) is 1. The SMILES string of the molecule is CCCCOc1ccc(/C(C)=N/Nc2cc(C)nc3ccc(Br)cc23)cc1. The number of pyridine rings is 1. The van der Waals surface area contributed by atoms with Gasteiger partial charge in [-0.1, -0.05) is 29.3 Å². The van der Waals surface area contributed by atoms with E-state index in [4.69, 9.17) is 4.74 Å². The number of halogens is 1. The fraction of sp³-hybridized carbons (Fsp3) is 0.273. The first-order chi connectivity index (χ1) is 13.1. The fourth-order valence-corrected chi connectivity index (χ4v) is 3.12. The Morgan fingerprint density at radius 2 is 1.93 bits per heavy atom. The summed E-state index contributed by atoms with van der Waals surface area (Å²) in [6.45, 7) is 6.90. The van der Waals surface area contributed by atoms with Gasteiger partial charge in [-0.2, -0.15) is 5.10 Å². The maximum Gasteiger partial charge on any atom is 0.119 e. The monoisotopic (exact) mass is 425 g/mol. The van der Waals surface area contributed by atoms with Gasteiger partial charge in [0.25, 0.3) is 0 Å². The Kier molecular flexibility index (Phi) is 6.45.